The van der Waals surface area contributed by atoms with Crippen LogP contribution < -0.4 is 5.32 Å². The van der Waals surface area contributed by atoms with Gasteiger partial charge in [-0.1, -0.05) is 188 Å². The van der Waals surface area contributed by atoms with E-state index in [0.29, 0.717) is 6.42 Å². The Morgan fingerprint density at radius 2 is 1.08 bits per heavy atom. The molecular weight excluding hydrogens is 659 g/mol. The third-order valence-corrected chi connectivity index (χ3v) is 11.4. The van der Waals surface area contributed by atoms with Gasteiger partial charge in [-0.3, -0.25) is 13.5 Å². The molecule has 0 saturated carbocycles. The SMILES string of the molecule is CCCCCCCCCCCCCCCCCC1=NCC[N+]1(C)C(C)NC(=O)CCCCCCCCCC(C)CCCCCC.COS(=O)(=O)[O-]. The van der Waals surface area contributed by atoms with Crippen LogP contribution in [0.2, 0.25) is 0 Å². The van der Waals surface area contributed by atoms with E-state index in [1.54, 1.807) is 0 Å². The van der Waals surface area contributed by atoms with E-state index >= 15 is 0 Å². The lowest BCUT2D eigenvalue weighted by Crippen LogP contribution is -2.60. The molecule has 1 aliphatic rings. The first-order chi connectivity index (χ1) is 24.5. The van der Waals surface area contributed by atoms with Crippen molar-refractivity contribution in [3.8, 4) is 0 Å². The summed E-state index contributed by atoms with van der Waals surface area (Å²) in [6.07, 6.45) is 40.3. The van der Waals surface area contributed by atoms with Crippen molar-refractivity contribution in [2.24, 2.45) is 10.9 Å². The van der Waals surface area contributed by atoms with E-state index in [-0.39, 0.29) is 12.1 Å². The van der Waals surface area contributed by atoms with Gasteiger partial charge in [0.25, 0.3) is 0 Å². The highest BCUT2D eigenvalue weighted by atomic mass is 32.3. The van der Waals surface area contributed by atoms with E-state index in [1.165, 1.54) is 179 Å². The van der Waals surface area contributed by atoms with Gasteiger partial charge in [-0.15, -0.1) is 0 Å². The molecule has 0 bridgehead atoms. The fraction of sp³-hybridized carbons (Fsp3) is 0.952. The number of carbonyl (C=O) groups excluding carboxylic acids is 1. The number of aliphatic imine (C=N–C) groups is 1. The molecular formula is C42H85N3O5S. The van der Waals surface area contributed by atoms with Crippen LogP contribution in [0.15, 0.2) is 4.99 Å². The number of hydrogen-bond donors (Lipinski definition) is 1. The van der Waals surface area contributed by atoms with Crippen molar-refractivity contribution in [2.75, 3.05) is 27.2 Å². The standard InChI is InChI=1S/C41H81N3O.CH4O4S/c1-6-8-10-12-13-14-15-16-17-18-19-20-23-26-30-34-40-42-36-37-44(40,5)39(4)43-41(45)35-31-27-24-21-22-25-29-33-38(3)32-28-11-9-7-2;1-5-6(2,3)4/h38-39H,6-37H2,1-5H3;1H3,(H,2,3,4). The normalized spacial score (nSPS) is 17.1. The lowest BCUT2D eigenvalue weighted by atomic mass is 9.96. The predicted octanol–water partition coefficient (Wildman–Crippen LogP) is 11.8. The second-order valence-corrected chi connectivity index (χ2v) is 16.9. The van der Waals surface area contributed by atoms with Crippen molar-refractivity contribution in [1.82, 2.24) is 5.32 Å². The second kappa shape index (κ2) is 33.5. The van der Waals surface area contributed by atoms with Gasteiger partial charge in [-0.2, -0.15) is 0 Å². The van der Waals surface area contributed by atoms with Gasteiger partial charge in [-0.25, -0.2) is 13.4 Å². The second-order valence-electron chi connectivity index (χ2n) is 15.8. The van der Waals surface area contributed by atoms with Gasteiger partial charge in [0.15, 0.2) is 12.0 Å². The van der Waals surface area contributed by atoms with E-state index in [2.05, 4.69) is 44.2 Å². The average Bonchev–Trinajstić information content (AvgIpc) is 3.48. The minimum Gasteiger partial charge on any atom is -0.726 e. The van der Waals surface area contributed by atoms with Crippen LogP contribution in [0.3, 0.4) is 0 Å². The number of carbonyl (C=O) groups is 1. The Kier molecular flexibility index (Phi) is 32.9. The van der Waals surface area contributed by atoms with Crippen molar-refractivity contribution in [3.63, 3.8) is 0 Å². The van der Waals surface area contributed by atoms with Crippen molar-refractivity contribution < 1.29 is 26.4 Å². The van der Waals surface area contributed by atoms with Crippen LogP contribution in [0.1, 0.15) is 220 Å². The molecule has 304 valence electrons. The lowest BCUT2D eigenvalue weighted by molar-refractivity contribution is -0.843. The molecule has 8 nitrogen and oxygen atoms in total. The molecule has 0 aliphatic carbocycles. The molecule has 0 aromatic heterocycles. The summed E-state index contributed by atoms with van der Waals surface area (Å²) in [4.78, 5) is 17.7. The van der Waals surface area contributed by atoms with Gasteiger partial charge in [-0.05, 0) is 18.8 Å². The van der Waals surface area contributed by atoms with Crippen LogP contribution in [0.5, 0.6) is 0 Å². The highest BCUT2D eigenvalue weighted by molar-refractivity contribution is 7.80. The van der Waals surface area contributed by atoms with E-state index in [9.17, 15) is 17.8 Å². The summed E-state index contributed by atoms with van der Waals surface area (Å²) in [5.74, 6) is 2.44. The maximum Gasteiger partial charge on any atom is 0.224 e. The Labute approximate surface area is 317 Å². The fourth-order valence-electron chi connectivity index (χ4n) is 7.26. The first-order valence-electron chi connectivity index (χ1n) is 21.7. The molecule has 0 aromatic rings. The van der Waals surface area contributed by atoms with Crippen LogP contribution >= 0.6 is 0 Å². The predicted molar refractivity (Wildman–Crippen MR) is 217 cm³/mol. The van der Waals surface area contributed by atoms with Gasteiger partial charge in [0, 0.05) is 19.8 Å². The minimum atomic E-state index is -4.41. The zero-order valence-corrected chi connectivity index (χ0v) is 35.4. The third-order valence-electron chi connectivity index (χ3n) is 11.0. The van der Waals surface area contributed by atoms with Crippen molar-refractivity contribution in [2.45, 2.75) is 226 Å². The topological polar surface area (TPSA) is 108 Å². The average molecular weight is 744 g/mol. The molecule has 51 heavy (non-hydrogen) atoms. The summed E-state index contributed by atoms with van der Waals surface area (Å²) in [6.45, 7) is 11.2. The summed E-state index contributed by atoms with van der Waals surface area (Å²) >= 11 is 0. The number of unbranched alkanes of at least 4 members (excludes halogenated alkanes) is 23. The van der Waals surface area contributed by atoms with Gasteiger partial charge in [0.05, 0.1) is 20.7 Å². The van der Waals surface area contributed by atoms with Gasteiger partial charge in [0.1, 0.15) is 6.54 Å². The van der Waals surface area contributed by atoms with E-state index < -0.39 is 10.4 Å². The molecule has 3 unspecified atom stereocenters. The number of amides is 1. The summed E-state index contributed by atoms with van der Waals surface area (Å²) in [7, 11) is -1.32. The molecule has 9 heteroatoms. The van der Waals surface area contributed by atoms with E-state index in [4.69, 9.17) is 4.99 Å². The first kappa shape index (κ1) is 50.0. The molecule has 0 aromatic carbocycles. The third kappa shape index (κ3) is 30.0. The lowest BCUT2D eigenvalue weighted by Gasteiger charge is -2.36. The van der Waals surface area contributed by atoms with E-state index in [1.807, 2.05) is 0 Å². The molecule has 1 aliphatic heterocycles. The molecule has 3 atom stereocenters. The summed E-state index contributed by atoms with van der Waals surface area (Å²) in [5.41, 5.74) is 0. The van der Waals surface area contributed by atoms with Gasteiger partial charge >= 0.3 is 0 Å². The number of quaternary nitrogens is 1. The molecule has 1 amide bonds. The molecule has 0 saturated heterocycles. The molecule has 0 spiro atoms. The Hall–Kier alpha value is -1.03. The number of nitrogens with zero attached hydrogens (tertiary/aromatic N) is 2. The van der Waals surface area contributed by atoms with Crippen LogP contribution in [-0.2, 0) is 19.4 Å². The Bertz CT molecular complexity index is 945. The zero-order valence-electron chi connectivity index (χ0n) is 34.6. The summed E-state index contributed by atoms with van der Waals surface area (Å²) in [5, 5.41) is 3.35. The first-order valence-corrected chi connectivity index (χ1v) is 23.0. The minimum absolute atomic E-state index is 0.115. The molecule has 0 radical (unpaired) electrons. The van der Waals surface area contributed by atoms with Gasteiger partial charge in [0.2, 0.25) is 16.3 Å². The summed E-state index contributed by atoms with van der Waals surface area (Å²) in [6, 6.07) is 0. The van der Waals surface area contributed by atoms with Crippen LogP contribution in [0.25, 0.3) is 0 Å². The van der Waals surface area contributed by atoms with Crippen LogP contribution in [-0.4, -0.2) is 62.6 Å². The highest BCUT2D eigenvalue weighted by Crippen LogP contribution is 2.22. The van der Waals surface area contributed by atoms with Crippen molar-refractivity contribution in [3.05, 3.63) is 0 Å². The maximum absolute atomic E-state index is 12.8. The Morgan fingerprint density at radius 1 is 0.706 bits per heavy atom. The van der Waals surface area contributed by atoms with Gasteiger partial charge < -0.3 is 9.87 Å². The fourth-order valence-corrected chi connectivity index (χ4v) is 7.26. The van der Waals surface area contributed by atoms with Crippen LogP contribution in [0.4, 0.5) is 0 Å². The van der Waals surface area contributed by atoms with Crippen molar-refractivity contribution in [1.29, 1.82) is 0 Å². The number of nitrogens with one attached hydrogen (secondary N) is 1. The monoisotopic (exact) mass is 744 g/mol. The quantitative estimate of drug-likeness (QED) is 0.0305. The molecule has 1 heterocycles. The Balaban J connectivity index is 0.00000381. The maximum atomic E-state index is 12.8. The number of hydrogen-bond acceptors (Lipinski definition) is 6. The number of rotatable bonds is 34. The highest BCUT2D eigenvalue weighted by Gasteiger charge is 2.39. The Morgan fingerprint density at radius 3 is 1.51 bits per heavy atom. The zero-order chi connectivity index (χ0) is 38.1. The number of likely N-dealkylation sites (N-methyl/N-ethyl adjacent to an activating group) is 1. The molecule has 1 rings (SSSR count). The largest absolute Gasteiger partial charge is 0.726 e. The smallest absolute Gasteiger partial charge is 0.224 e. The van der Waals surface area contributed by atoms with E-state index in [0.717, 1.165) is 43.4 Å². The molecule has 0 fully saturated rings. The molecule has 1 N–H and O–H groups in total. The van der Waals surface area contributed by atoms with Crippen LogP contribution in [0, 0.1) is 5.92 Å². The van der Waals surface area contributed by atoms with Crippen molar-refractivity contribution >= 4 is 22.1 Å². The number of amidine groups is 1. The summed E-state index contributed by atoms with van der Waals surface area (Å²) < 4.78 is 31.8.